The fraction of sp³-hybridized carbons (Fsp3) is 0.240. The molecular weight excluding hydrogens is 374 g/mol. The van der Waals surface area contributed by atoms with Gasteiger partial charge in [0.15, 0.2) is 0 Å². The van der Waals surface area contributed by atoms with Crippen LogP contribution in [0, 0.1) is 5.92 Å². The van der Waals surface area contributed by atoms with Crippen LogP contribution in [-0.2, 0) is 0 Å². The minimum Gasteiger partial charge on any atom is -0.508 e. The third-order valence-corrected chi connectivity index (χ3v) is 6.27. The summed E-state index contributed by atoms with van der Waals surface area (Å²) in [6.07, 6.45) is 0.904. The third-order valence-electron chi connectivity index (χ3n) is 6.27. The maximum Gasteiger partial charge on any atom is 0.253 e. The molecule has 3 unspecified atom stereocenters. The van der Waals surface area contributed by atoms with Crippen molar-refractivity contribution in [3.05, 3.63) is 90.0 Å². The molecule has 30 heavy (non-hydrogen) atoms. The second kappa shape index (κ2) is 7.94. The molecule has 3 atom stereocenters. The van der Waals surface area contributed by atoms with E-state index in [1.165, 1.54) is 16.7 Å². The van der Waals surface area contributed by atoms with Crippen LogP contribution in [0.2, 0.25) is 0 Å². The van der Waals surface area contributed by atoms with Crippen molar-refractivity contribution in [1.29, 1.82) is 0 Å². The van der Waals surface area contributed by atoms with Crippen LogP contribution in [0.1, 0.15) is 28.4 Å². The molecule has 0 saturated carbocycles. The Kier molecular flexibility index (Phi) is 4.99. The van der Waals surface area contributed by atoms with E-state index in [1.807, 2.05) is 11.0 Å². The Morgan fingerprint density at radius 3 is 2.43 bits per heavy atom. The zero-order valence-electron chi connectivity index (χ0n) is 16.7. The normalized spacial score (nSPS) is 23.2. The SMILES string of the molecule is O=C(c1cccc(O)c1)N1CCC2NNC(c3ccc(-c4ccccc4)cc3)C2C1. The Bertz CT molecular complexity index is 1040. The molecular formula is C25H25N3O2. The number of aromatic hydroxyl groups is 1. The van der Waals surface area contributed by atoms with Crippen LogP contribution in [0.3, 0.4) is 0 Å². The molecule has 152 valence electrons. The Balaban J connectivity index is 1.33. The van der Waals surface area contributed by atoms with Gasteiger partial charge in [0.1, 0.15) is 5.75 Å². The van der Waals surface area contributed by atoms with Crippen molar-refractivity contribution >= 4 is 5.91 Å². The standard InChI is InChI=1S/C25H25N3O2/c29-21-8-4-7-20(15-21)25(30)28-14-13-23-22(16-28)24(27-26-23)19-11-9-18(10-12-19)17-5-2-1-3-6-17/h1-12,15,22-24,26-27,29H,13-14,16H2. The summed E-state index contributed by atoms with van der Waals surface area (Å²) in [6.45, 7) is 1.40. The quantitative estimate of drug-likeness (QED) is 0.628. The third kappa shape index (κ3) is 3.58. The average Bonchev–Trinajstić information content (AvgIpc) is 3.22. The van der Waals surface area contributed by atoms with Gasteiger partial charge in [0.2, 0.25) is 0 Å². The van der Waals surface area contributed by atoms with Gasteiger partial charge in [-0.15, -0.1) is 0 Å². The molecule has 2 saturated heterocycles. The number of phenolic OH excluding ortho intramolecular Hbond substituents is 1. The molecule has 3 N–H and O–H groups in total. The number of likely N-dealkylation sites (tertiary alicyclic amines) is 1. The zero-order valence-corrected chi connectivity index (χ0v) is 16.7. The first kappa shape index (κ1) is 18.9. The summed E-state index contributed by atoms with van der Waals surface area (Å²) in [5.41, 5.74) is 11.1. The van der Waals surface area contributed by atoms with Crippen LogP contribution in [0.25, 0.3) is 11.1 Å². The van der Waals surface area contributed by atoms with Gasteiger partial charge in [-0.1, -0.05) is 60.7 Å². The van der Waals surface area contributed by atoms with E-state index < -0.39 is 0 Å². The van der Waals surface area contributed by atoms with Gasteiger partial charge in [-0.25, -0.2) is 5.43 Å². The van der Waals surface area contributed by atoms with E-state index in [-0.39, 0.29) is 17.7 Å². The van der Waals surface area contributed by atoms with Crippen LogP contribution >= 0.6 is 0 Å². The fourth-order valence-electron chi connectivity index (χ4n) is 4.65. The summed E-state index contributed by atoms with van der Waals surface area (Å²) < 4.78 is 0. The predicted octanol–water partition coefficient (Wildman–Crippen LogP) is 3.74. The van der Waals surface area contributed by atoms with Crippen molar-refractivity contribution in [2.75, 3.05) is 13.1 Å². The summed E-state index contributed by atoms with van der Waals surface area (Å²) in [6, 6.07) is 26.2. The lowest BCUT2D eigenvalue weighted by Crippen LogP contribution is -2.47. The molecule has 2 fully saturated rings. The highest BCUT2D eigenvalue weighted by Crippen LogP contribution is 2.35. The maximum absolute atomic E-state index is 13.0. The Morgan fingerprint density at radius 2 is 1.67 bits per heavy atom. The van der Waals surface area contributed by atoms with Crippen molar-refractivity contribution < 1.29 is 9.90 Å². The molecule has 0 aromatic heterocycles. The number of rotatable bonds is 3. The summed E-state index contributed by atoms with van der Waals surface area (Å²) in [5, 5.41) is 9.72. The number of piperidine rings is 1. The minimum atomic E-state index is -0.0191. The van der Waals surface area contributed by atoms with Crippen LogP contribution < -0.4 is 10.9 Å². The Labute approximate surface area is 176 Å². The number of hydrazine groups is 1. The molecule has 0 aliphatic carbocycles. The van der Waals surface area contributed by atoms with Gasteiger partial charge in [-0.05, 0) is 41.3 Å². The average molecular weight is 399 g/mol. The molecule has 0 spiro atoms. The number of benzene rings is 3. The minimum absolute atomic E-state index is 0.0191. The summed E-state index contributed by atoms with van der Waals surface area (Å²) in [7, 11) is 0. The molecule has 5 rings (SSSR count). The lowest BCUT2D eigenvalue weighted by molar-refractivity contribution is 0.0652. The number of amides is 1. The first-order valence-electron chi connectivity index (χ1n) is 10.4. The summed E-state index contributed by atoms with van der Waals surface area (Å²) >= 11 is 0. The van der Waals surface area contributed by atoms with E-state index in [0.29, 0.717) is 30.6 Å². The van der Waals surface area contributed by atoms with Gasteiger partial charge in [0, 0.05) is 30.6 Å². The number of nitrogens with one attached hydrogen (secondary N) is 2. The molecule has 3 aromatic carbocycles. The second-order valence-electron chi connectivity index (χ2n) is 8.11. The monoisotopic (exact) mass is 399 g/mol. The molecule has 3 aromatic rings. The van der Waals surface area contributed by atoms with Crippen molar-refractivity contribution in [3.63, 3.8) is 0 Å². The van der Waals surface area contributed by atoms with Gasteiger partial charge < -0.3 is 10.0 Å². The van der Waals surface area contributed by atoms with Crippen molar-refractivity contribution in [2.24, 2.45) is 5.92 Å². The maximum atomic E-state index is 13.0. The Morgan fingerprint density at radius 1 is 0.900 bits per heavy atom. The summed E-state index contributed by atoms with van der Waals surface area (Å²) in [4.78, 5) is 14.9. The van der Waals surface area contributed by atoms with E-state index >= 15 is 0 Å². The molecule has 0 bridgehead atoms. The topological polar surface area (TPSA) is 64.6 Å². The molecule has 2 aliphatic heterocycles. The first-order valence-corrected chi connectivity index (χ1v) is 10.4. The van der Waals surface area contributed by atoms with E-state index in [1.54, 1.807) is 24.3 Å². The van der Waals surface area contributed by atoms with Crippen LogP contribution in [0.4, 0.5) is 0 Å². The Hall–Kier alpha value is -3.15. The molecule has 1 amide bonds. The number of fused-ring (bicyclic) bond motifs is 1. The van der Waals surface area contributed by atoms with E-state index in [0.717, 1.165) is 6.42 Å². The molecule has 5 nitrogen and oxygen atoms in total. The van der Waals surface area contributed by atoms with Gasteiger partial charge in [0.05, 0.1) is 6.04 Å². The number of nitrogens with zero attached hydrogens (tertiary/aromatic N) is 1. The number of hydrogen-bond donors (Lipinski definition) is 3. The molecule has 2 heterocycles. The zero-order chi connectivity index (χ0) is 20.5. The fourth-order valence-corrected chi connectivity index (χ4v) is 4.65. The smallest absolute Gasteiger partial charge is 0.253 e. The largest absolute Gasteiger partial charge is 0.508 e. The highest BCUT2D eigenvalue weighted by molar-refractivity contribution is 5.94. The predicted molar refractivity (Wildman–Crippen MR) is 117 cm³/mol. The van der Waals surface area contributed by atoms with Gasteiger partial charge >= 0.3 is 0 Å². The van der Waals surface area contributed by atoms with Crippen molar-refractivity contribution in [2.45, 2.75) is 18.5 Å². The van der Waals surface area contributed by atoms with E-state index in [4.69, 9.17) is 0 Å². The molecule has 2 aliphatic rings. The lowest BCUT2D eigenvalue weighted by Gasteiger charge is -2.36. The van der Waals surface area contributed by atoms with Crippen LogP contribution in [0.5, 0.6) is 5.75 Å². The van der Waals surface area contributed by atoms with Crippen molar-refractivity contribution in [3.8, 4) is 16.9 Å². The highest BCUT2D eigenvalue weighted by atomic mass is 16.3. The number of carbonyl (C=O) groups is 1. The highest BCUT2D eigenvalue weighted by Gasteiger charge is 2.41. The van der Waals surface area contributed by atoms with Crippen LogP contribution in [-0.4, -0.2) is 35.0 Å². The lowest BCUT2D eigenvalue weighted by atomic mass is 9.84. The van der Waals surface area contributed by atoms with E-state index in [9.17, 15) is 9.90 Å². The van der Waals surface area contributed by atoms with E-state index in [2.05, 4.69) is 59.4 Å². The number of hydrogen-bond acceptors (Lipinski definition) is 4. The van der Waals surface area contributed by atoms with Crippen LogP contribution in [0.15, 0.2) is 78.9 Å². The molecule has 5 heteroatoms. The summed E-state index contributed by atoms with van der Waals surface area (Å²) in [5.74, 6) is 0.397. The number of carbonyl (C=O) groups excluding carboxylic acids is 1. The first-order chi connectivity index (χ1) is 14.7. The number of phenols is 1. The van der Waals surface area contributed by atoms with Gasteiger partial charge in [0.25, 0.3) is 5.91 Å². The molecule has 0 radical (unpaired) electrons. The van der Waals surface area contributed by atoms with Crippen molar-refractivity contribution in [1.82, 2.24) is 15.8 Å². The van der Waals surface area contributed by atoms with Gasteiger partial charge in [-0.2, -0.15) is 0 Å². The second-order valence-corrected chi connectivity index (χ2v) is 8.11. The van der Waals surface area contributed by atoms with Gasteiger partial charge in [-0.3, -0.25) is 10.2 Å².